The lowest BCUT2D eigenvalue weighted by Crippen LogP contribution is -1.82. The summed E-state index contributed by atoms with van der Waals surface area (Å²) in [4.78, 5) is 24.6. The van der Waals surface area contributed by atoms with Gasteiger partial charge in [-0.15, -0.1) is 0 Å². The van der Waals surface area contributed by atoms with Crippen molar-refractivity contribution < 1.29 is 14.7 Å². The van der Waals surface area contributed by atoms with Crippen molar-refractivity contribution in [3.8, 4) is 0 Å². The van der Waals surface area contributed by atoms with E-state index in [1.807, 2.05) is 0 Å². The van der Waals surface area contributed by atoms with E-state index in [0.717, 1.165) is 0 Å². The molecule has 0 bridgehead atoms. The van der Waals surface area contributed by atoms with Crippen LogP contribution in [0.4, 0.5) is 4.79 Å². The SMILES string of the molecule is C1=COON=C1.O=C1N=CC=N1. The average Bonchev–Trinajstić information content (AvgIpc) is 2.60. The summed E-state index contributed by atoms with van der Waals surface area (Å²) in [5.41, 5.74) is 0. The minimum Gasteiger partial charge on any atom is -0.275 e. The molecule has 0 atom stereocenters. The van der Waals surface area contributed by atoms with Gasteiger partial charge in [0, 0.05) is 0 Å². The van der Waals surface area contributed by atoms with Crippen molar-refractivity contribution >= 4 is 24.7 Å². The summed E-state index contributed by atoms with van der Waals surface area (Å²) < 4.78 is 0. The Bertz CT molecular complexity index is 241. The van der Waals surface area contributed by atoms with Gasteiger partial charge in [0.2, 0.25) is 0 Å². The van der Waals surface area contributed by atoms with Crippen molar-refractivity contribution in [2.75, 3.05) is 0 Å². The van der Waals surface area contributed by atoms with Crippen LogP contribution in [0.25, 0.3) is 0 Å². The molecule has 12 heavy (non-hydrogen) atoms. The zero-order chi connectivity index (χ0) is 8.65. The Kier molecular flexibility index (Phi) is 3.23. The Hall–Kier alpha value is -1.98. The highest BCUT2D eigenvalue weighted by Gasteiger charge is 1.91. The minimum atomic E-state index is -0.407. The van der Waals surface area contributed by atoms with Gasteiger partial charge in [-0.05, 0) is 11.2 Å². The van der Waals surface area contributed by atoms with Gasteiger partial charge in [-0.25, -0.2) is 4.79 Å². The molecule has 2 aliphatic heterocycles. The Morgan fingerprint density at radius 3 is 2.08 bits per heavy atom. The number of aliphatic imine (C=N–C) groups is 2. The maximum atomic E-state index is 9.85. The number of oxime groups is 1. The van der Waals surface area contributed by atoms with Crippen molar-refractivity contribution in [1.82, 2.24) is 0 Å². The lowest BCUT2D eigenvalue weighted by molar-refractivity contribution is -0.251. The average molecular weight is 167 g/mol. The summed E-state index contributed by atoms with van der Waals surface area (Å²) in [6, 6.07) is -0.407. The predicted octanol–water partition coefficient (Wildman–Crippen LogP) is 0.709. The van der Waals surface area contributed by atoms with Crippen LogP contribution < -0.4 is 0 Å². The number of rotatable bonds is 0. The van der Waals surface area contributed by atoms with E-state index < -0.39 is 6.03 Å². The maximum Gasteiger partial charge on any atom is 0.367 e. The van der Waals surface area contributed by atoms with E-state index in [1.54, 1.807) is 6.08 Å². The number of hydrogen-bond acceptors (Lipinski definition) is 4. The largest absolute Gasteiger partial charge is 0.367 e. The van der Waals surface area contributed by atoms with E-state index in [1.165, 1.54) is 24.9 Å². The second-order valence-electron chi connectivity index (χ2n) is 1.59. The van der Waals surface area contributed by atoms with Crippen molar-refractivity contribution in [1.29, 1.82) is 0 Å². The summed E-state index contributed by atoms with van der Waals surface area (Å²) in [5, 5.41) is 3.24. The summed E-state index contributed by atoms with van der Waals surface area (Å²) in [5.74, 6) is 0. The Labute approximate surface area is 67.8 Å². The van der Waals surface area contributed by atoms with Crippen molar-refractivity contribution in [2.45, 2.75) is 0 Å². The highest BCUT2D eigenvalue weighted by molar-refractivity contribution is 6.25. The first-order valence-corrected chi connectivity index (χ1v) is 3.01. The van der Waals surface area contributed by atoms with Crippen LogP contribution in [0.3, 0.4) is 0 Å². The van der Waals surface area contributed by atoms with Crippen LogP contribution in [0.1, 0.15) is 0 Å². The van der Waals surface area contributed by atoms with E-state index in [-0.39, 0.29) is 0 Å². The lowest BCUT2D eigenvalue weighted by Gasteiger charge is -1.92. The third-order valence-electron chi connectivity index (χ3n) is 0.804. The molecule has 0 aliphatic carbocycles. The smallest absolute Gasteiger partial charge is 0.275 e. The molecular weight excluding hydrogens is 162 g/mol. The number of allylic oxidation sites excluding steroid dienone is 1. The Morgan fingerprint density at radius 2 is 1.92 bits per heavy atom. The zero-order valence-corrected chi connectivity index (χ0v) is 5.95. The van der Waals surface area contributed by atoms with Gasteiger partial charge in [0.15, 0.2) is 0 Å². The van der Waals surface area contributed by atoms with Crippen LogP contribution in [0.5, 0.6) is 0 Å². The molecule has 0 saturated heterocycles. The first-order valence-electron chi connectivity index (χ1n) is 3.01. The fraction of sp³-hybridized carbons (Fsp3) is 0. The van der Waals surface area contributed by atoms with E-state index in [2.05, 4.69) is 25.0 Å². The molecule has 6 heteroatoms. The predicted molar refractivity (Wildman–Crippen MR) is 42.2 cm³/mol. The maximum absolute atomic E-state index is 9.85. The van der Waals surface area contributed by atoms with Gasteiger partial charge in [-0.2, -0.15) is 15.0 Å². The summed E-state index contributed by atoms with van der Waals surface area (Å²) in [7, 11) is 0. The summed E-state index contributed by atoms with van der Waals surface area (Å²) in [6.45, 7) is 0. The van der Waals surface area contributed by atoms with E-state index in [9.17, 15) is 4.79 Å². The quantitative estimate of drug-likeness (QED) is 0.498. The van der Waals surface area contributed by atoms with Crippen LogP contribution >= 0.6 is 0 Å². The molecule has 0 aromatic heterocycles. The first-order chi connectivity index (χ1) is 5.89. The van der Waals surface area contributed by atoms with E-state index in [0.29, 0.717) is 0 Å². The van der Waals surface area contributed by atoms with Gasteiger partial charge < -0.3 is 0 Å². The summed E-state index contributed by atoms with van der Waals surface area (Å²) in [6.07, 6.45) is 7.24. The number of amides is 2. The first kappa shape index (κ1) is 8.12. The number of nitrogens with zero attached hydrogens (tertiary/aromatic N) is 3. The minimum absolute atomic E-state index is 0.407. The van der Waals surface area contributed by atoms with Crippen molar-refractivity contribution in [3.05, 3.63) is 12.3 Å². The molecule has 2 aliphatic rings. The molecule has 6 nitrogen and oxygen atoms in total. The highest BCUT2D eigenvalue weighted by Crippen LogP contribution is 1.84. The molecule has 62 valence electrons. The third kappa shape index (κ3) is 3.25. The molecule has 2 heterocycles. The second kappa shape index (κ2) is 4.78. The van der Waals surface area contributed by atoms with Crippen molar-refractivity contribution in [2.24, 2.45) is 15.1 Å². The number of carbonyl (C=O) groups excluding carboxylic acids is 1. The van der Waals surface area contributed by atoms with Gasteiger partial charge in [-0.3, -0.25) is 4.89 Å². The molecule has 0 radical (unpaired) electrons. The van der Waals surface area contributed by atoms with Crippen LogP contribution in [0, 0.1) is 0 Å². The zero-order valence-electron chi connectivity index (χ0n) is 5.95. The lowest BCUT2D eigenvalue weighted by atomic mass is 10.7. The van der Waals surface area contributed by atoms with E-state index in [4.69, 9.17) is 0 Å². The molecule has 0 N–H and O–H groups in total. The van der Waals surface area contributed by atoms with E-state index >= 15 is 0 Å². The van der Waals surface area contributed by atoms with Gasteiger partial charge in [0.1, 0.15) is 6.26 Å². The Morgan fingerprint density at radius 1 is 1.17 bits per heavy atom. The molecular formula is C6H5N3O3. The second-order valence-corrected chi connectivity index (χ2v) is 1.59. The van der Waals surface area contributed by atoms with Crippen LogP contribution in [0.2, 0.25) is 0 Å². The van der Waals surface area contributed by atoms with Crippen LogP contribution in [-0.4, -0.2) is 24.7 Å². The number of urea groups is 1. The fourth-order valence-corrected chi connectivity index (χ4v) is 0.404. The molecule has 2 rings (SSSR count). The fourth-order valence-electron chi connectivity index (χ4n) is 0.404. The molecule has 2 amide bonds. The molecule has 0 fully saturated rings. The van der Waals surface area contributed by atoms with Gasteiger partial charge in [0.05, 0.1) is 18.6 Å². The number of carbonyl (C=O) groups is 1. The molecule has 0 saturated carbocycles. The molecule has 0 spiro atoms. The monoisotopic (exact) mass is 167 g/mol. The van der Waals surface area contributed by atoms with Crippen LogP contribution in [-0.2, 0) is 9.88 Å². The Balaban J connectivity index is 0.000000120. The summed E-state index contributed by atoms with van der Waals surface area (Å²) >= 11 is 0. The van der Waals surface area contributed by atoms with Gasteiger partial charge >= 0.3 is 6.03 Å². The standard InChI is InChI=1S/C3H2N2O.C3H3NO2/c6-3-4-1-2-5-3;1-2-4-6-5-3-1/h1-2H;1-3H. The van der Waals surface area contributed by atoms with Gasteiger partial charge in [-0.1, -0.05) is 0 Å². The van der Waals surface area contributed by atoms with Crippen molar-refractivity contribution in [3.63, 3.8) is 0 Å². The highest BCUT2D eigenvalue weighted by atomic mass is 17.3. The number of hydrogen-bond donors (Lipinski definition) is 0. The molecule has 0 aromatic carbocycles. The van der Waals surface area contributed by atoms with Crippen LogP contribution in [0.15, 0.2) is 27.5 Å². The van der Waals surface area contributed by atoms with Gasteiger partial charge in [0.25, 0.3) is 0 Å². The molecule has 0 unspecified atom stereocenters. The topological polar surface area (TPSA) is 72.6 Å². The molecule has 0 aromatic rings. The third-order valence-corrected chi connectivity index (χ3v) is 0.804. The normalized spacial score (nSPS) is 16.5.